The van der Waals surface area contributed by atoms with Crippen molar-refractivity contribution in [1.29, 1.82) is 0 Å². The Morgan fingerprint density at radius 3 is 2.80 bits per heavy atom. The van der Waals surface area contributed by atoms with E-state index in [9.17, 15) is 0 Å². The Bertz CT molecular complexity index is 262. The molecule has 2 N–H and O–H groups in total. The van der Waals surface area contributed by atoms with E-state index in [0.717, 1.165) is 30.9 Å². The quantitative estimate of drug-likeness (QED) is 0.682. The molecule has 1 aromatic heterocycles. The number of hydrogen-bond acceptors (Lipinski definition) is 4. The average molecular weight is 210 g/mol. The molecule has 4 nitrogen and oxygen atoms in total. The van der Waals surface area contributed by atoms with E-state index in [4.69, 9.17) is 15.2 Å². The lowest BCUT2D eigenvalue weighted by molar-refractivity contribution is 0.172. The van der Waals surface area contributed by atoms with Crippen molar-refractivity contribution in [1.82, 2.24) is 4.98 Å². The fraction of sp³-hybridized carbons (Fsp3) is 0.545. The van der Waals surface area contributed by atoms with Crippen LogP contribution in [0, 0.1) is 0 Å². The van der Waals surface area contributed by atoms with Crippen LogP contribution in [-0.2, 0) is 11.2 Å². The van der Waals surface area contributed by atoms with Gasteiger partial charge in [0.15, 0.2) is 0 Å². The molecule has 0 aromatic carbocycles. The zero-order valence-electron chi connectivity index (χ0n) is 9.11. The number of nitrogens with zero attached hydrogens (tertiary/aromatic N) is 1. The molecule has 0 amide bonds. The Morgan fingerprint density at radius 1 is 1.33 bits per heavy atom. The van der Waals surface area contributed by atoms with E-state index in [0.29, 0.717) is 13.2 Å². The van der Waals surface area contributed by atoms with Gasteiger partial charge in [-0.1, -0.05) is 0 Å². The van der Waals surface area contributed by atoms with E-state index in [1.54, 1.807) is 13.3 Å². The highest BCUT2D eigenvalue weighted by atomic mass is 16.5. The second-order valence-corrected chi connectivity index (χ2v) is 3.22. The van der Waals surface area contributed by atoms with Crippen LogP contribution in [0.3, 0.4) is 0 Å². The van der Waals surface area contributed by atoms with E-state index in [-0.39, 0.29) is 0 Å². The maximum atomic E-state index is 5.47. The molecule has 0 unspecified atom stereocenters. The molecule has 1 rings (SSSR count). The number of aromatic nitrogens is 1. The van der Waals surface area contributed by atoms with Crippen molar-refractivity contribution in [2.75, 3.05) is 26.9 Å². The molecule has 15 heavy (non-hydrogen) atoms. The van der Waals surface area contributed by atoms with Crippen LogP contribution in [0.5, 0.6) is 5.75 Å². The minimum absolute atomic E-state index is 0.626. The van der Waals surface area contributed by atoms with Gasteiger partial charge in [0.1, 0.15) is 5.75 Å². The van der Waals surface area contributed by atoms with Crippen LogP contribution in [0.15, 0.2) is 18.3 Å². The first-order chi connectivity index (χ1) is 7.36. The number of methoxy groups -OCH3 is 1. The van der Waals surface area contributed by atoms with Crippen LogP contribution in [-0.4, -0.2) is 31.9 Å². The molecule has 84 valence electrons. The Morgan fingerprint density at radius 2 is 2.20 bits per heavy atom. The molecule has 0 fully saturated rings. The number of ether oxygens (including phenoxy) is 2. The fourth-order valence-electron chi connectivity index (χ4n) is 1.19. The number of hydrogen-bond donors (Lipinski definition) is 1. The molecule has 0 aliphatic rings. The van der Waals surface area contributed by atoms with Crippen molar-refractivity contribution in [2.24, 2.45) is 5.73 Å². The van der Waals surface area contributed by atoms with E-state index in [1.165, 1.54) is 0 Å². The topological polar surface area (TPSA) is 57.4 Å². The molecule has 4 heteroatoms. The molecule has 0 spiro atoms. The predicted octanol–water partition coefficient (Wildman–Crippen LogP) is 0.998. The summed E-state index contributed by atoms with van der Waals surface area (Å²) in [6.07, 6.45) is 3.43. The lowest BCUT2D eigenvalue weighted by Crippen LogP contribution is -2.05. The molecule has 1 heterocycles. The molecule has 0 aliphatic carbocycles. The standard InChI is InChI=1S/C11H18N2O2/c1-14-7-2-8-15-11-4-3-10(5-6-12)13-9-11/h3-4,9H,2,5-8,12H2,1H3. The summed E-state index contributed by atoms with van der Waals surface area (Å²) >= 11 is 0. The Kier molecular flexibility index (Phi) is 5.73. The lowest BCUT2D eigenvalue weighted by Gasteiger charge is -2.05. The summed E-state index contributed by atoms with van der Waals surface area (Å²) in [4.78, 5) is 4.23. The van der Waals surface area contributed by atoms with Crippen LogP contribution < -0.4 is 10.5 Å². The molecular weight excluding hydrogens is 192 g/mol. The number of rotatable bonds is 7. The highest BCUT2D eigenvalue weighted by Crippen LogP contribution is 2.09. The average Bonchev–Trinajstić information content (AvgIpc) is 2.27. The van der Waals surface area contributed by atoms with Gasteiger partial charge in [0.05, 0.1) is 12.8 Å². The van der Waals surface area contributed by atoms with Gasteiger partial charge < -0.3 is 15.2 Å². The van der Waals surface area contributed by atoms with Crippen molar-refractivity contribution >= 4 is 0 Å². The van der Waals surface area contributed by atoms with Crippen molar-refractivity contribution in [3.05, 3.63) is 24.0 Å². The van der Waals surface area contributed by atoms with Gasteiger partial charge in [-0.05, 0) is 18.7 Å². The van der Waals surface area contributed by atoms with Gasteiger partial charge in [-0.25, -0.2) is 0 Å². The van der Waals surface area contributed by atoms with E-state index >= 15 is 0 Å². The Labute approximate surface area is 90.4 Å². The first-order valence-electron chi connectivity index (χ1n) is 5.13. The summed E-state index contributed by atoms with van der Waals surface area (Å²) in [5, 5.41) is 0. The zero-order valence-corrected chi connectivity index (χ0v) is 9.11. The molecule has 0 radical (unpaired) electrons. The maximum absolute atomic E-state index is 5.47. The fourth-order valence-corrected chi connectivity index (χ4v) is 1.19. The molecule has 0 bridgehead atoms. The molecule has 0 saturated heterocycles. The summed E-state index contributed by atoms with van der Waals surface area (Å²) in [5.74, 6) is 0.798. The minimum Gasteiger partial charge on any atom is -0.492 e. The largest absolute Gasteiger partial charge is 0.492 e. The van der Waals surface area contributed by atoms with Crippen LogP contribution in [0.4, 0.5) is 0 Å². The van der Waals surface area contributed by atoms with E-state index < -0.39 is 0 Å². The van der Waals surface area contributed by atoms with Gasteiger partial charge in [0, 0.05) is 32.3 Å². The molecule has 1 aromatic rings. The second kappa shape index (κ2) is 7.20. The van der Waals surface area contributed by atoms with Gasteiger partial charge >= 0.3 is 0 Å². The van der Waals surface area contributed by atoms with Gasteiger partial charge in [-0.2, -0.15) is 0 Å². The summed E-state index contributed by atoms with van der Waals surface area (Å²) in [5.41, 5.74) is 6.43. The Balaban J connectivity index is 2.29. The van der Waals surface area contributed by atoms with Crippen LogP contribution in [0.2, 0.25) is 0 Å². The third-order valence-corrected chi connectivity index (χ3v) is 1.96. The molecular formula is C11H18N2O2. The second-order valence-electron chi connectivity index (χ2n) is 3.22. The summed E-state index contributed by atoms with van der Waals surface area (Å²) in [6.45, 7) is 2.01. The van der Waals surface area contributed by atoms with Crippen LogP contribution >= 0.6 is 0 Å². The van der Waals surface area contributed by atoms with E-state index in [1.807, 2.05) is 12.1 Å². The monoisotopic (exact) mass is 210 g/mol. The van der Waals surface area contributed by atoms with Crippen LogP contribution in [0.1, 0.15) is 12.1 Å². The van der Waals surface area contributed by atoms with Gasteiger partial charge in [-0.15, -0.1) is 0 Å². The van der Waals surface area contributed by atoms with Crippen molar-refractivity contribution in [3.8, 4) is 5.75 Å². The highest BCUT2D eigenvalue weighted by molar-refractivity contribution is 5.19. The van der Waals surface area contributed by atoms with Crippen molar-refractivity contribution in [2.45, 2.75) is 12.8 Å². The lowest BCUT2D eigenvalue weighted by atomic mass is 10.3. The van der Waals surface area contributed by atoms with Gasteiger partial charge in [-0.3, -0.25) is 4.98 Å². The number of nitrogens with two attached hydrogens (primary N) is 1. The van der Waals surface area contributed by atoms with Gasteiger partial charge in [0.25, 0.3) is 0 Å². The predicted molar refractivity (Wildman–Crippen MR) is 59.0 cm³/mol. The molecule has 0 aliphatic heterocycles. The number of pyridine rings is 1. The smallest absolute Gasteiger partial charge is 0.137 e. The van der Waals surface area contributed by atoms with Gasteiger partial charge in [0.2, 0.25) is 0 Å². The SMILES string of the molecule is COCCCOc1ccc(CCN)nc1. The summed E-state index contributed by atoms with van der Waals surface area (Å²) < 4.78 is 10.4. The highest BCUT2D eigenvalue weighted by Gasteiger charge is 1.96. The third kappa shape index (κ3) is 4.76. The van der Waals surface area contributed by atoms with Crippen molar-refractivity contribution < 1.29 is 9.47 Å². The Hall–Kier alpha value is -1.13. The van der Waals surface area contributed by atoms with Crippen molar-refractivity contribution in [3.63, 3.8) is 0 Å². The third-order valence-electron chi connectivity index (χ3n) is 1.96. The molecule has 0 atom stereocenters. The maximum Gasteiger partial charge on any atom is 0.137 e. The first-order valence-corrected chi connectivity index (χ1v) is 5.13. The minimum atomic E-state index is 0.626. The molecule has 0 saturated carbocycles. The zero-order chi connectivity index (χ0) is 10.9. The van der Waals surface area contributed by atoms with Crippen LogP contribution in [0.25, 0.3) is 0 Å². The summed E-state index contributed by atoms with van der Waals surface area (Å²) in [7, 11) is 1.68. The normalized spacial score (nSPS) is 10.3. The van der Waals surface area contributed by atoms with E-state index in [2.05, 4.69) is 4.98 Å². The first kappa shape index (κ1) is 11.9. The summed E-state index contributed by atoms with van der Waals surface area (Å²) in [6, 6.07) is 3.86.